The van der Waals surface area contributed by atoms with Crippen LogP contribution in [0.1, 0.15) is 0 Å². The van der Waals surface area contributed by atoms with Gasteiger partial charge in [0.05, 0.1) is 11.0 Å². The molecule has 0 aliphatic heterocycles. The van der Waals surface area contributed by atoms with Crippen LogP contribution < -0.4 is 0 Å². The van der Waals surface area contributed by atoms with Crippen LogP contribution in [-0.4, -0.2) is 24.9 Å². The van der Waals surface area contributed by atoms with E-state index in [0.717, 1.165) is 66.1 Å². The summed E-state index contributed by atoms with van der Waals surface area (Å²) in [6.07, 6.45) is 3.73. The molecule has 0 spiro atoms. The van der Waals surface area contributed by atoms with E-state index in [-0.39, 0.29) is 0 Å². The lowest BCUT2D eigenvalue weighted by Crippen LogP contribution is -2.00. The second-order valence-electron chi connectivity index (χ2n) is 11.8. The molecule has 9 aromatic rings. The molecular formula is C43H27N5. The standard InChI is InChI=1S/C43H27N5/c1-2-8-33-27-34(22-13-28(33)7-1)43-47-41(31-18-14-29(15-19-31)35-23-25-44-39-11-5-3-9-37(35)39)46-42(48-43)32-20-16-30(17-21-32)36-24-26-45-40-12-6-4-10-38(36)40/h1-27H. The van der Waals surface area contributed by atoms with E-state index in [1.807, 2.05) is 48.8 Å². The predicted molar refractivity (Wildman–Crippen MR) is 195 cm³/mol. The highest BCUT2D eigenvalue weighted by Gasteiger charge is 2.14. The van der Waals surface area contributed by atoms with E-state index in [1.54, 1.807) is 0 Å². The molecule has 0 aliphatic carbocycles. The van der Waals surface area contributed by atoms with Crippen molar-refractivity contribution in [3.05, 3.63) is 164 Å². The summed E-state index contributed by atoms with van der Waals surface area (Å²) in [4.78, 5) is 24.1. The fraction of sp³-hybridized carbons (Fsp3) is 0. The van der Waals surface area contributed by atoms with Gasteiger partial charge in [-0.3, -0.25) is 9.97 Å². The molecule has 0 radical (unpaired) electrons. The van der Waals surface area contributed by atoms with Gasteiger partial charge in [-0.15, -0.1) is 0 Å². The van der Waals surface area contributed by atoms with Crippen LogP contribution in [0.25, 0.3) is 89.0 Å². The zero-order chi connectivity index (χ0) is 31.9. The highest BCUT2D eigenvalue weighted by molar-refractivity contribution is 5.95. The smallest absolute Gasteiger partial charge is 0.164 e. The number of benzene rings is 6. The Hall–Kier alpha value is -6.59. The number of fused-ring (bicyclic) bond motifs is 3. The molecule has 0 bridgehead atoms. The second-order valence-corrected chi connectivity index (χ2v) is 11.8. The van der Waals surface area contributed by atoms with Crippen LogP contribution in [0.3, 0.4) is 0 Å². The summed E-state index contributed by atoms with van der Waals surface area (Å²) in [7, 11) is 0. The maximum absolute atomic E-state index is 5.02. The summed E-state index contributed by atoms with van der Waals surface area (Å²) >= 11 is 0. The number of nitrogens with zero attached hydrogens (tertiary/aromatic N) is 5. The predicted octanol–water partition coefficient (Wildman–Crippen LogP) is 10.5. The molecular weight excluding hydrogens is 587 g/mol. The fourth-order valence-electron chi connectivity index (χ4n) is 6.38. The average molecular weight is 614 g/mol. The lowest BCUT2D eigenvalue weighted by Gasteiger charge is -2.11. The molecule has 6 aromatic carbocycles. The van der Waals surface area contributed by atoms with Gasteiger partial charge >= 0.3 is 0 Å². The molecule has 9 rings (SSSR count). The fourth-order valence-corrected chi connectivity index (χ4v) is 6.38. The SMILES string of the molecule is c1ccc2cc(-c3nc(-c4ccc(-c5ccnc6ccccc56)cc4)nc(-c4ccc(-c5ccnc6ccccc56)cc4)n3)ccc2c1. The van der Waals surface area contributed by atoms with E-state index in [1.165, 1.54) is 5.39 Å². The Balaban J connectivity index is 1.14. The first-order valence-corrected chi connectivity index (χ1v) is 15.9. The third-order valence-electron chi connectivity index (χ3n) is 8.85. The lowest BCUT2D eigenvalue weighted by atomic mass is 9.99. The van der Waals surface area contributed by atoms with Crippen LogP contribution in [0.2, 0.25) is 0 Å². The van der Waals surface area contributed by atoms with Crippen LogP contribution in [0.4, 0.5) is 0 Å². The molecule has 224 valence electrons. The number of hydrogen-bond acceptors (Lipinski definition) is 5. The molecule has 0 unspecified atom stereocenters. The van der Waals surface area contributed by atoms with Crippen molar-refractivity contribution < 1.29 is 0 Å². The van der Waals surface area contributed by atoms with E-state index >= 15 is 0 Å². The number of hydrogen-bond donors (Lipinski definition) is 0. The highest BCUT2D eigenvalue weighted by atomic mass is 15.0. The van der Waals surface area contributed by atoms with E-state index in [9.17, 15) is 0 Å². The van der Waals surface area contributed by atoms with E-state index in [0.29, 0.717) is 17.5 Å². The quantitative estimate of drug-likeness (QED) is 0.193. The molecule has 3 aromatic heterocycles. The Labute approximate surface area is 277 Å². The molecule has 0 fully saturated rings. The van der Waals surface area contributed by atoms with E-state index in [4.69, 9.17) is 15.0 Å². The Morgan fingerprint density at radius 3 is 1.27 bits per heavy atom. The maximum Gasteiger partial charge on any atom is 0.164 e. The lowest BCUT2D eigenvalue weighted by molar-refractivity contribution is 1.07. The van der Waals surface area contributed by atoms with Crippen molar-refractivity contribution in [2.45, 2.75) is 0 Å². The van der Waals surface area contributed by atoms with E-state index < -0.39 is 0 Å². The van der Waals surface area contributed by atoms with Gasteiger partial charge in [0.1, 0.15) is 0 Å². The van der Waals surface area contributed by atoms with Gasteiger partial charge in [-0.1, -0.05) is 121 Å². The van der Waals surface area contributed by atoms with Gasteiger partial charge in [-0.25, -0.2) is 15.0 Å². The number of aromatic nitrogens is 5. The van der Waals surface area contributed by atoms with Gasteiger partial charge in [-0.05, 0) is 63.4 Å². The molecule has 48 heavy (non-hydrogen) atoms. The van der Waals surface area contributed by atoms with Gasteiger partial charge in [0.25, 0.3) is 0 Å². The molecule has 0 aliphatic rings. The molecule has 5 nitrogen and oxygen atoms in total. The average Bonchev–Trinajstić information content (AvgIpc) is 3.17. The van der Waals surface area contributed by atoms with Crippen LogP contribution >= 0.6 is 0 Å². The summed E-state index contributed by atoms with van der Waals surface area (Å²) in [6.45, 7) is 0. The monoisotopic (exact) mass is 613 g/mol. The first-order chi connectivity index (χ1) is 23.8. The van der Waals surface area contributed by atoms with Crippen molar-refractivity contribution in [2.75, 3.05) is 0 Å². The molecule has 0 atom stereocenters. The molecule has 0 amide bonds. The normalized spacial score (nSPS) is 11.3. The van der Waals surface area contributed by atoms with Crippen molar-refractivity contribution in [1.82, 2.24) is 24.9 Å². The summed E-state index contributed by atoms with van der Waals surface area (Å²) in [6, 6.07) is 52.1. The minimum Gasteiger partial charge on any atom is -0.256 e. The zero-order valence-electron chi connectivity index (χ0n) is 25.8. The third kappa shape index (κ3) is 5.04. The number of pyridine rings is 2. The Morgan fingerprint density at radius 1 is 0.312 bits per heavy atom. The molecule has 5 heteroatoms. The first-order valence-electron chi connectivity index (χ1n) is 15.9. The highest BCUT2D eigenvalue weighted by Crippen LogP contribution is 2.32. The molecule has 0 saturated heterocycles. The second kappa shape index (κ2) is 11.6. The first kappa shape index (κ1) is 27.7. The van der Waals surface area contributed by atoms with Gasteiger partial charge in [0, 0.05) is 39.9 Å². The Kier molecular flexibility index (Phi) is 6.72. The number of para-hydroxylation sites is 2. The molecule has 0 N–H and O–H groups in total. The van der Waals surface area contributed by atoms with Crippen molar-refractivity contribution >= 4 is 32.6 Å². The largest absolute Gasteiger partial charge is 0.256 e. The number of rotatable bonds is 5. The summed E-state index contributed by atoms with van der Waals surface area (Å²) in [5.74, 6) is 1.88. The van der Waals surface area contributed by atoms with Gasteiger partial charge in [-0.2, -0.15) is 0 Å². The summed E-state index contributed by atoms with van der Waals surface area (Å²) in [5, 5.41) is 4.56. The summed E-state index contributed by atoms with van der Waals surface area (Å²) in [5.41, 5.74) is 9.24. The third-order valence-corrected chi connectivity index (χ3v) is 8.85. The van der Waals surface area contributed by atoms with Crippen LogP contribution in [0.15, 0.2) is 164 Å². The zero-order valence-corrected chi connectivity index (χ0v) is 25.8. The van der Waals surface area contributed by atoms with Gasteiger partial charge in [0.2, 0.25) is 0 Å². The molecule has 0 saturated carbocycles. The van der Waals surface area contributed by atoms with Crippen LogP contribution in [0.5, 0.6) is 0 Å². The Bertz CT molecular complexity index is 2460. The Morgan fingerprint density at radius 2 is 0.729 bits per heavy atom. The van der Waals surface area contributed by atoms with Crippen molar-refractivity contribution in [1.29, 1.82) is 0 Å². The van der Waals surface area contributed by atoms with Crippen molar-refractivity contribution in [3.63, 3.8) is 0 Å². The van der Waals surface area contributed by atoms with Gasteiger partial charge in [0.15, 0.2) is 17.5 Å². The van der Waals surface area contributed by atoms with Crippen LogP contribution in [-0.2, 0) is 0 Å². The van der Waals surface area contributed by atoms with E-state index in [2.05, 4.69) is 125 Å². The molecule has 3 heterocycles. The van der Waals surface area contributed by atoms with Crippen LogP contribution in [0, 0.1) is 0 Å². The summed E-state index contributed by atoms with van der Waals surface area (Å²) < 4.78 is 0. The topological polar surface area (TPSA) is 64.5 Å². The van der Waals surface area contributed by atoms with Crippen molar-refractivity contribution in [3.8, 4) is 56.4 Å². The minimum atomic E-state index is 0.624. The minimum absolute atomic E-state index is 0.624. The van der Waals surface area contributed by atoms with Gasteiger partial charge < -0.3 is 0 Å². The maximum atomic E-state index is 5.02. The van der Waals surface area contributed by atoms with Crippen molar-refractivity contribution in [2.24, 2.45) is 0 Å².